The quantitative estimate of drug-likeness (QED) is 0.728. The molecule has 1 aliphatic rings. The topological polar surface area (TPSA) is 60.9 Å². The van der Waals surface area contributed by atoms with Gasteiger partial charge in [0.05, 0.1) is 11.9 Å². The zero-order chi connectivity index (χ0) is 21.0. The third-order valence-corrected chi connectivity index (χ3v) is 6.49. The second-order valence-electron chi connectivity index (χ2n) is 7.47. The van der Waals surface area contributed by atoms with Gasteiger partial charge in [0.25, 0.3) is 0 Å². The highest BCUT2D eigenvalue weighted by molar-refractivity contribution is 7.92. The van der Waals surface area contributed by atoms with Gasteiger partial charge in [0.1, 0.15) is 6.04 Å². The Balaban J connectivity index is 1.77. The van der Waals surface area contributed by atoms with E-state index in [4.69, 9.17) is 0 Å². The minimum atomic E-state index is -3.60. The van der Waals surface area contributed by atoms with Crippen LogP contribution in [0, 0.1) is 6.92 Å². The first-order valence-electron chi connectivity index (χ1n) is 9.96. The van der Waals surface area contributed by atoms with Gasteiger partial charge in [0, 0.05) is 31.9 Å². The molecule has 1 amide bonds. The Morgan fingerprint density at radius 1 is 1.00 bits per heavy atom. The number of hydrogen-bond acceptors (Lipinski definition) is 4. The van der Waals surface area contributed by atoms with Crippen LogP contribution in [-0.2, 0) is 14.8 Å². The maximum Gasteiger partial charge on any atom is 0.246 e. The highest BCUT2D eigenvalue weighted by atomic mass is 32.2. The van der Waals surface area contributed by atoms with E-state index >= 15 is 0 Å². The zero-order valence-electron chi connectivity index (χ0n) is 17.3. The summed E-state index contributed by atoms with van der Waals surface area (Å²) in [6, 6.07) is 16.6. The number of amides is 1. The number of nitrogens with zero attached hydrogens (tertiary/aromatic N) is 3. The van der Waals surface area contributed by atoms with E-state index in [9.17, 15) is 13.2 Å². The van der Waals surface area contributed by atoms with E-state index < -0.39 is 16.1 Å². The Bertz CT molecular complexity index is 922. The monoisotopic (exact) mass is 415 g/mol. The Morgan fingerprint density at radius 2 is 1.59 bits per heavy atom. The maximum atomic E-state index is 13.3. The largest absolute Gasteiger partial charge is 0.368 e. The molecule has 1 aliphatic heterocycles. The minimum absolute atomic E-state index is 0.133. The van der Waals surface area contributed by atoms with Gasteiger partial charge in [-0.3, -0.25) is 9.10 Å². The predicted molar refractivity (Wildman–Crippen MR) is 118 cm³/mol. The first-order chi connectivity index (χ1) is 13.8. The standard InChI is InChI=1S/C22H29N3O3S/c1-4-21(25(29(3,27)28)20-12-10-18(2)11-13-20)22(26)24-16-14-23(15-17-24)19-8-6-5-7-9-19/h5-13,21H,4,14-17H2,1-3H3/t21-/m0/s1. The Morgan fingerprint density at radius 3 is 2.10 bits per heavy atom. The van der Waals surface area contributed by atoms with Crippen LogP contribution in [0.25, 0.3) is 0 Å². The zero-order valence-corrected chi connectivity index (χ0v) is 18.1. The van der Waals surface area contributed by atoms with Gasteiger partial charge in [-0.05, 0) is 37.6 Å². The molecule has 6 nitrogen and oxygen atoms in total. The molecule has 1 fully saturated rings. The molecule has 0 bridgehead atoms. The van der Waals surface area contributed by atoms with Crippen LogP contribution in [0.3, 0.4) is 0 Å². The van der Waals surface area contributed by atoms with Crippen LogP contribution in [0.2, 0.25) is 0 Å². The normalized spacial score (nSPS) is 15.8. The first-order valence-corrected chi connectivity index (χ1v) is 11.8. The van der Waals surface area contributed by atoms with Crippen molar-refractivity contribution in [1.29, 1.82) is 0 Å². The molecule has 0 aromatic heterocycles. The second kappa shape index (κ2) is 8.86. The Kier molecular flexibility index (Phi) is 6.47. The molecular formula is C22H29N3O3S. The third kappa shape index (κ3) is 4.90. The SMILES string of the molecule is CC[C@@H](C(=O)N1CCN(c2ccccc2)CC1)N(c1ccc(C)cc1)S(C)(=O)=O. The lowest BCUT2D eigenvalue weighted by Crippen LogP contribution is -2.56. The molecule has 0 N–H and O–H groups in total. The summed E-state index contributed by atoms with van der Waals surface area (Å²) in [5, 5.41) is 0. The van der Waals surface area contributed by atoms with Crippen LogP contribution in [0.4, 0.5) is 11.4 Å². The van der Waals surface area contributed by atoms with E-state index in [1.165, 1.54) is 4.31 Å². The third-order valence-electron chi connectivity index (χ3n) is 5.31. The molecule has 3 rings (SSSR count). The van der Waals surface area contributed by atoms with E-state index in [0.717, 1.165) is 30.6 Å². The molecular weight excluding hydrogens is 386 g/mol. The summed E-state index contributed by atoms with van der Waals surface area (Å²) < 4.78 is 26.5. The highest BCUT2D eigenvalue weighted by Gasteiger charge is 2.35. The molecule has 29 heavy (non-hydrogen) atoms. The van der Waals surface area contributed by atoms with Crippen LogP contribution in [0.15, 0.2) is 54.6 Å². The van der Waals surface area contributed by atoms with Gasteiger partial charge in [-0.1, -0.05) is 42.8 Å². The summed E-state index contributed by atoms with van der Waals surface area (Å²) in [7, 11) is -3.60. The van der Waals surface area contributed by atoms with E-state index in [1.54, 1.807) is 17.0 Å². The van der Waals surface area contributed by atoms with Gasteiger partial charge in [-0.25, -0.2) is 8.42 Å². The van der Waals surface area contributed by atoms with E-state index in [-0.39, 0.29) is 5.91 Å². The summed E-state index contributed by atoms with van der Waals surface area (Å²) in [5.41, 5.74) is 2.71. The van der Waals surface area contributed by atoms with Gasteiger partial charge in [0.15, 0.2) is 0 Å². The van der Waals surface area contributed by atoms with Gasteiger partial charge < -0.3 is 9.80 Å². The number of sulfonamides is 1. The predicted octanol–water partition coefficient (Wildman–Crippen LogP) is 2.89. The molecule has 0 aliphatic carbocycles. The van der Waals surface area contributed by atoms with Crippen LogP contribution in [0.5, 0.6) is 0 Å². The average molecular weight is 416 g/mol. The van der Waals surface area contributed by atoms with E-state index in [2.05, 4.69) is 17.0 Å². The van der Waals surface area contributed by atoms with Crippen molar-refractivity contribution in [2.24, 2.45) is 0 Å². The molecule has 7 heteroatoms. The Hall–Kier alpha value is -2.54. The summed E-state index contributed by atoms with van der Waals surface area (Å²) in [6.45, 7) is 6.43. The van der Waals surface area contributed by atoms with Crippen molar-refractivity contribution < 1.29 is 13.2 Å². The fourth-order valence-electron chi connectivity index (χ4n) is 3.77. The summed E-state index contributed by atoms with van der Waals surface area (Å²) in [4.78, 5) is 17.3. The second-order valence-corrected chi connectivity index (χ2v) is 9.33. The van der Waals surface area contributed by atoms with Crippen molar-refractivity contribution in [3.8, 4) is 0 Å². The molecule has 1 heterocycles. The molecule has 1 saturated heterocycles. The van der Waals surface area contributed by atoms with Crippen molar-refractivity contribution in [1.82, 2.24) is 4.90 Å². The molecule has 0 unspecified atom stereocenters. The number of benzene rings is 2. The van der Waals surface area contributed by atoms with Crippen molar-refractivity contribution in [3.63, 3.8) is 0 Å². The summed E-state index contributed by atoms with van der Waals surface area (Å²) >= 11 is 0. The number of aryl methyl sites for hydroxylation is 1. The summed E-state index contributed by atoms with van der Waals surface area (Å²) in [6.07, 6.45) is 1.58. The number of carbonyl (C=O) groups is 1. The van der Waals surface area contributed by atoms with Crippen molar-refractivity contribution >= 4 is 27.3 Å². The summed E-state index contributed by atoms with van der Waals surface area (Å²) in [5.74, 6) is -0.133. The van der Waals surface area contributed by atoms with Gasteiger partial charge in [-0.15, -0.1) is 0 Å². The van der Waals surface area contributed by atoms with E-state index in [0.29, 0.717) is 25.2 Å². The lowest BCUT2D eigenvalue weighted by molar-refractivity contribution is -0.132. The molecule has 156 valence electrons. The van der Waals surface area contributed by atoms with Gasteiger partial charge >= 0.3 is 0 Å². The van der Waals surface area contributed by atoms with Gasteiger partial charge in [-0.2, -0.15) is 0 Å². The molecule has 2 aromatic carbocycles. The lowest BCUT2D eigenvalue weighted by atomic mass is 10.1. The van der Waals surface area contributed by atoms with Crippen LogP contribution < -0.4 is 9.21 Å². The van der Waals surface area contributed by atoms with Crippen LogP contribution in [-0.4, -0.2) is 57.7 Å². The fourth-order valence-corrected chi connectivity index (χ4v) is 4.98. The number of carbonyl (C=O) groups excluding carboxylic acids is 1. The number of para-hydroxylation sites is 1. The van der Waals surface area contributed by atoms with Gasteiger partial charge in [0.2, 0.25) is 15.9 Å². The first kappa shape index (κ1) is 21.2. The average Bonchev–Trinajstić information content (AvgIpc) is 2.72. The smallest absolute Gasteiger partial charge is 0.246 e. The Labute approximate surface area is 173 Å². The van der Waals surface area contributed by atoms with Crippen LogP contribution in [0.1, 0.15) is 18.9 Å². The number of piperazine rings is 1. The number of hydrogen-bond donors (Lipinski definition) is 0. The molecule has 0 spiro atoms. The van der Waals surface area contributed by atoms with Crippen molar-refractivity contribution in [3.05, 3.63) is 60.2 Å². The van der Waals surface area contributed by atoms with E-state index in [1.807, 2.05) is 44.2 Å². The van der Waals surface area contributed by atoms with Crippen molar-refractivity contribution in [2.45, 2.75) is 26.3 Å². The number of rotatable bonds is 6. The molecule has 2 aromatic rings. The maximum absolute atomic E-state index is 13.3. The lowest BCUT2D eigenvalue weighted by Gasteiger charge is -2.39. The minimum Gasteiger partial charge on any atom is -0.368 e. The molecule has 1 atom stereocenters. The van der Waals surface area contributed by atoms with Crippen LogP contribution >= 0.6 is 0 Å². The fraction of sp³-hybridized carbons (Fsp3) is 0.409. The number of anilines is 2. The highest BCUT2D eigenvalue weighted by Crippen LogP contribution is 2.25. The molecule has 0 saturated carbocycles. The van der Waals surface area contributed by atoms with Crippen molar-refractivity contribution in [2.75, 3.05) is 41.6 Å². The molecule has 0 radical (unpaired) electrons.